The maximum Gasteiger partial charge on any atom is 0.241 e. The predicted molar refractivity (Wildman–Crippen MR) is 96.3 cm³/mol. The Morgan fingerprint density at radius 2 is 1.75 bits per heavy atom. The Hall–Kier alpha value is -2.24. The number of aromatic nitrogens is 1. The first-order chi connectivity index (χ1) is 11.7. The summed E-state index contributed by atoms with van der Waals surface area (Å²) < 4.78 is 27.8. The third-order valence-electron chi connectivity index (χ3n) is 3.96. The minimum Gasteiger partial charge on any atom is -0.264 e. The van der Waals surface area contributed by atoms with E-state index in [4.69, 9.17) is 0 Å². The van der Waals surface area contributed by atoms with E-state index in [9.17, 15) is 8.42 Å². The number of unbranched alkanes of at least 4 members (excludes halogenated alkanes) is 1. The normalized spacial score (nSPS) is 11.7. The number of benzene rings is 2. The fraction of sp³-hybridized carbons (Fsp3) is 0.211. The summed E-state index contributed by atoms with van der Waals surface area (Å²) in [5, 5.41) is 1.52. The van der Waals surface area contributed by atoms with Gasteiger partial charge in [0.2, 0.25) is 10.0 Å². The monoisotopic (exact) mass is 340 g/mol. The minimum absolute atomic E-state index is 0.311. The van der Waals surface area contributed by atoms with Gasteiger partial charge in [0.15, 0.2) is 0 Å². The molecule has 24 heavy (non-hydrogen) atoms. The molecule has 1 aromatic heterocycles. The molecule has 0 spiro atoms. The number of fused-ring (bicyclic) bond motifs is 1. The van der Waals surface area contributed by atoms with Crippen LogP contribution in [0.5, 0.6) is 0 Å². The minimum atomic E-state index is -3.51. The molecule has 1 N–H and O–H groups in total. The molecule has 3 rings (SSSR count). The highest BCUT2D eigenvalue weighted by Crippen LogP contribution is 2.21. The second kappa shape index (κ2) is 7.55. The van der Waals surface area contributed by atoms with Gasteiger partial charge in [-0.3, -0.25) is 4.98 Å². The third-order valence-corrected chi connectivity index (χ3v) is 5.48. The number of nitrogens with zero attached hydrogens (tertiary/aromatic N) is 1. The summed E-state index contributed by atoms with van der Waals surface area (Å²) in [4.78, 5) is 4.35. The Morgan fingerprint density at radius 3 is 2.58 bits per heavy atom. The van der Waals surface area contributed by atoms with Gasteiger partial charge in [-0.25, -0.2) is 13.1 Å². The van der Waals surface area contributed by atoms with Crippen molar-refractivity contribution in [2.45, 2.75) is 24.2 Å². The standard InChI is InChI=1S/C19H20N2O2S/c22-24(23,19-11-6-10-17-15-20-14-12-18(17)19)21-13-5-4-9-16-7-2-1-3-8-16/h1-3,6-8,10-12,14-15,21H,4-5,9,13H2. The summed E-state index contributed by atoms with van der Waals surface area (Å²) in [7, 11) is -3.51. The van der Waals surface area contributed by atoms with Crippen molar-refractivity contribution < 1.29 is 8.42 Å². The summed E-state index contributed by atoms with van der Waals surface area (Å²) in [6, 6.07) is 17.2. The van der Waals surface area contributed by atoms with Gasteiger partial charge >= 0.3 is 0 Å². The molecule has 0 aliphatic carbocycles. The van der Waals surface area contributed by atoms with E-state index in [1.54, 1.807) is 30.6 Å². The molecular formula is C19H20N2O2S. The lowest BCUT2D eigenvalue weighted by Gasteiger charge is -2.09. The first-order valence-electron chi connectivity index (χ1n) is 8.03. The lowest BCUT2D eigenvalue weighted by atomic mass is 10.1. The van der Waals surface area contributed by atoms with Gasteiger partial charge in [0.25, 0.3) is 0 Å². The number of hydrogen-bond donors (Lipinski definition) is 1. The zero-order valence-corrected chi connectivity index (χ0v) is 14.2. The Kier molecular flexibility index (Phi) is 5.23. The average Bonchev–Trinajstić information content (AvgIpc) is 2.62. The number of nitrogens with one attached hydrogen (secondary N) is 1. The first-order valence-corrected chi connectivity index (χ1v) is 9.51. The predicted octanol–water partition coefficient (Wildman–Crippen LogP) is 3.54. The van der Waals surface area contributed by atoms with Gasteiger partial charge in [-0.2, -0.15) is 0 Å². The molecule has 3 aromatic rings. The molecule has 0 saturated carbocycles. The third kappa shape index (κ3) is 3.99. The van der Waals surface area contributed by atoms with Crippen molar-refractivity contribution in [3.63, 3.8) is 0 Å². The Balaban J connectivity index is 1.60. The zero-order valence-electron chi connectivity index (χ0n) is 13.4. The summed E-state index contributed by atoms with van der Waals surface area (Å²) in [5.74, 6) is 0. The van der Waals surface area contributed by atoms with Crippen LogP contribution >= 0.6 is 0 Å². The quantitative estimate of drug-likeness (QED) is 0.669. The molecule has 0 bridgehead atoms. The number of hydrogen-bond acceptors (Lipinski definition) is 3. The smallest absolute Gasteiger partial charge is 0.241 e. The van der Waals surface area contributed by atoms with E-state index in [0.29, 0.717) is 16.8 Å². The summed E-state index contributed by atoms with van der Waals surface area (Å²) in [6.45, 7) is 0.441. The number of aryl methyl sites for hydroxylation is 1. The van der Waals surface area contributed by atoms with Gasteiger partial charge in [0.1, 0.15) is 0 Å². The van der Waals surface area contributed by atoms with Gasteiger partial charge in [-0.05, 0) is 37.0 Å². The van der Waals surface area contributed by atoms with Crippen LogP contribution in [0.25, 0.3) is 10.8 Å². The fourth-order valence-corrected chi connectivity index (χ4v) is 4.01. The number of rotatable bonds is 7. The summed E-state index contributed by atoms with van der Waals surface area (Å²) in [6.07, 6.45) is 6.00. The molecule has 0 aliphatic heterocycles. The van der Waals surface area contributed by atoms with E-state index < -0.39 is 10.0 Å². The molecule has 2 aromatic carbocycles. The maximum absolute atomic E-state index is 12.5. The Labute approximate surface area is 142 Å². The van der Waals surface area contributed by atoms with Crippen LogP contribution in [0.15, 0.2) is 71.9 Å². The molecule has 5 heteroatoms. The van der Waals surface area contributed by atoms with Crippen LogP contribution < -0.4 is 4.72 Å². The fourth-order valence-electron chi connectivity index (χ4n) is 2.71. The molecule has 0 radical (unpaired) electrons. The van der Waals surface area contributed by atoms with Crippen LogP contribution in [0.1, 0.15) is 18.4 Å². The molecule has 0 aliphatic rings. The second-order valence-corrected chi connectivity index (χ2v) is 7.43. The molecule has 0 amide bonds. The largest absolute Gasteiger partial charge is 0.264 e. The van der Waals surface area contributed by atoms with Crippen molar-refractivity contribution in [1.29, 1.82) is 0 Å². The van der Waals surface area contributed by atoms with Gasteiger partial charge < -0.3 is 0 Å². The topological polar surface area (TPSA) is 59.1 Å². The van der Waals surface area contributed by atoms with E-state index in [1.807, 2.05) is 24.3 Å². The zero-order chi connectivity index (χ0) is 16.8. The van der Waals surface area contributed by atoms with Crippen LogP contribution in [-0.2, 0) is 16.4 Å². The van der Waals surface area contributed by atoms with Crippen molar-refractivity contribution in [2.24, 2.45) is 0 Å². The highest BCUT2D eigenvalue weighted by atomic mass is 32.2. The maximum atomic E-state index is 12.5. The molecule has 0 fully saturated rings. The molecule has 124 valence electrons. The SMILES string of the molecule is O=S(=O)(NCCCCc1ccccc1)c1cccc2cnccc12. The van der Waals surface area contributed by atoms with Crippen LogP contribution in [0, 0.1) is 0 Å². The molecule has 0 unspecified atom stereocenters. The highest BCUT2D eigenvalue weighted by molar-refractivity contribution is 7.89. The highest BCUT2D eigenvalue weighted by Gasteiger charge is 2.16. The van der Waals surface area contributed by atoms with E-state index in [0.717, 1.165) is 24.6 Å². The summed E-state index contributed by atoms with van der Waals surface area (Å²) >= 11 is 0. The number of sulfonamides is 1. The van der Waals surface area contributed by atoms with E-state index >= 15 is 0 Å². The molecule has 1 heterocycles. The lowest BCUT2D eigenvalue weighted by Crippen LogP contribution is -2.25. The molecule has 0 atom stereocenters. The van der Waals surface area contributed by atoms with Crippen molar-refractivity contribution in [1.82, 2.24) is 9.71 Å². The lowest BCUT2D eigenvalue weighted by molar-refractivity contribution is 0.577. The second-order valence-electron chi connectivity index (χ2n) is 5.69. The van der Waals surface area contributed by atoms with Gasteiger partial charge in [0, 0.05) is 29.7 Å². The van der Waals surface area contributed by atoms with E-state index in [2.05, 4.69) is 21.8 Å². The Morgan fingerprint density at radius 1 is 0.917 bits per heavy atom. The van der Waals surface area contributed by atoms with Crippen LogP contribution in [0.2, 0.25) is 0 Å². The van der Waals surface area contributed by atoms with Crippen LogP contribution in [-0.4, -0.2) is 19.9 Å². The van der Waals surface area contributed by atoms with Crippen molar-refractivity contribution >= 4 is 20.8 Å². The molecule has 4 nitrogen and oxygen atoms in total. The van der Waals surface area contributed by atoms with Crippen LogP contribution in [0.4, 0.5) is 0 Å². The van der Waals surface area contributed by atoms with Crippen molar-refractivity contribution in [3.8, 4) is 0 Å². The number of pyridine rings is 1. The Bertz CT molecular complexity index is 904. The molecule has 0 saturated heterocycles. The van der Waals surface area contributed by atoms with Gasteiger partial charge in [-0.1, -0.05) is 42.5 Å². The first kappa shape index (κ1) is 16.6. The van der Waals surface area contributed by atoms with Crippen molar-refractivity contribution in [2.75, 3.05) is 6.54 Å². The van der Waals surface area contributed by atoms with Gasteiger partial charge in [0.05, 0.1) is 4.90 Å². The summed E-state index contributed by atoms with van der Waals surface area (Å²) in [5.41, 5.74) is 1.28. The van der Waals surface area contributed by atoms with E-state index in [1.165, 1.54) is 5.56 Å². The van der Waals surface area contributed by atoms with Crippen molar-refractivity contribution in [3.05, 3.63) is 72.6 Å². The molecular weight excluding hydrogens is 320 g/mol. The van der Waals surface area contributed by atoms with Gasteiger partial charge in [-0.15, -0.1) is 0 Å². The van der Waals surface area contributed by atoms with Crippen LogP contribution in [0.3, 0.4) is 0 Å². The van der Waals surface area contributed by atoms with E-state index in [-0.39, 0.29) is 0 Å². The average molecular weight is 340 g/mol.